The minimum absolute atomic E-state index is 0.209. The first kappa shape index (κ1) is 22.1. The van der Waals surface area contributed by atoms with E-state index in [2.05, 4.69) is 46.8 Å². The Morgan fingerprint density at radius 2 is 1.56 bits per heavy atom. The van der Waals surface area contributed by atoms with Crippen LogP contribution >= 0.6 is 0 Å². The number of rotatable bonds is 6. The summed E-state index contributed by atoms with van der Waals surface area (Å²) in [7, 11) is -3.66. The summed E-state index contributed by atoms with van der Waals surface area (Å²) in [5.74, 6) is 0.812. The van der Waals surface area contributed by atoms with E-state index in [1.54, 1.807) is 18.2 Å². The van der Waals surface area contributed by atoms with Crippen LogP contribution in [0.3, 0.4) is 0 Å². The Morgan fingerprint density at radius 3 is 2.19 bits per heavy atom. The first-order valence-corrected chi connectivity index (χ1v) is 12.5. The van der Waals surface area contributed by atoms with Crippen molar-refractivity contribution in [1.82, 2.24) is 4.98 Å². The van der Waals surface area contributed by atoms with Gasteiger partial charge in [0, 0.05) is 44.6 Å². The molecular formula is C25H30N4O2S. The van der Waals surface area contributed by atoms with Crippen LogP contribution in [0.25, 0.3) is 0 Å². The first-order valence-electron chi connectivity index (χ1n) is 11.0. The number of benzene rings is 2. The molecule has 1 aliphatic rings. The highest BCUT2D eigenvalue weighted by atomic mass is 32.2. The van der Waals surface area contributed by atoms with E-state index < -0.39 is 10.0 Å². The van der Waals surface area contributed by atoms with Gasteiger partial charge in [0.25, 0.3) is 10.0 Å². The molecule has 1 aliphatic heterocycles. The Morgan fingerprint density at radius 1 is 0.875 bits per heavy atom. The number of para-hydroxylation sites is 1. The van der Waals surface area contributed by atoms with Crippen molar-refractivity contribution in [1.29, 1.82) is 0 Å². The largest absolute Gasteiger partial charge is 0.368 e. The van der Waals surface area contributed by atoms with Gasteiger partial charge >= 0.3 is 0 Å². The van der Waals surface area contributed by atoms with Crippen LogP contribution in [0, 0.1) is 13.8 Å². The Labute approximate surface area is 191 Å². The van der Waals surface area contributed by atoms with Crippen LogP contribution in [0.4, 0.5) is 17.2 Å². The standard InChI is InChI=1S/C25H30N4O2S/c1-4-29(22-10-6-5-7-11-22)32(30,31)23-13-14-25(26-19-23)28-17-15-27(16-18-28)24-12-8-9-20(2)21(24)3/h5-14,19H,4,15-18H2,1-3H3. The number of hydrogen-bond acceptors (Lipinski definition) is 5. The summed E-state index contributed by atoms with van der Waals surface area (Å²) in [6.45, 7) is 10.0. The van der Waals surface area contributed by atoms with Gasteiger partial charge in [-0.1, -0.05) is 30.3 Å². The summed E-state index contributed by atoms with van der Waals surface area (Å²) in [5.41, 5.74) is 4.58. The van der Waals surface area contributed by atoms with Crippen molar-refractivity contribution in [2.24, 2.45) is 0 Å². The second-order valence-electron chi connectivity index (χ2n) is 8.05. The number of piperazine rings is 1. The maximum Gasteiger partial charge on any atom is 0.265 e. The second-order valence-corrected chi connectivity index (χ2v) is 9.91. The van der Waals surface area contributed by atoms with E-state index in [1.807, 2.05) is 31.2 Å². The molecule has 32 heavy (non-hydrogen) atoms. The number of anilines is 3. The summed E-state index contributed by atoms with van der Waals surface area (Å²) in [6, 6.07) is 19.1. The Balaban J connectivity index is 1.47. The molecule has 1 fully saturated rings. The van der Waals surface area contributed by atoms with Crippen LogP contribution in [0.2, 0.25) is 0 Å². The number of hydrogen-bond donors (Lipinski definition) is 0. The third kappa shape index (κ3) is 4.30. The molecule has 6 nitrogen and oxygen atoms in total. The van der Waals surface area contributed by atoms with Crippen molar-refractivity contribution in [2.75, 3.05) is 46.8 Å². The SMILES string of the molecule is CCN(c1ccccc1)S(=O)(=O)c1ccc(N2CCN(c3cccc(C)c3C)CC2)nc1. The molecule has 168 valence electrons. The predicted molar refractivity (Wildman–Crippen MR) is 131 cm³/mol. The fourth-order valence-electron chi connectivity index (χ4n) is 4.18. The fourth-order valence-corrected chi connectivity index (χ4v) is 5.60. The Kier molecular flexibility index (Phi) is 6.37. The van der Waals surface area contributed by atoms with Gasteiger partial charge in [-0.15, -0.1) is 0 Å². The van der Waals surface area contributed by atoms with E-state index in [0.29, 0.717) is 12.2 Å². The topological polar surface area (TPSA) is 56.8 Å². The van der Waals surface area contributed by atoms with Crippen LogP contribution in [0.1, 0.15) is 18.1 Å². The van der Waals surface area contributed by atoms with Gasteiger partial charge in [-0.2, -0.15) is 0 Å². The van der Waals surface area contributed by atoms with E-state index in [-0.39, 0.29) is 4.90 Å². The lowest BCUT2D eigenvalue weighted by Crippen LogP contribution is -2.47. The molecule has 3 aromatic rings. The number of pyridine rings is 1. The number of nitrogens with zero attached hydrogens (tertiary/aromatic N) is 4. The molecule has 0 N–H and O–H groups in total. The number of aryl methyl sites for hydroxylation is 1. The molecule has 0 amide bonds. The van der Waals surface area contributed by atoms with Crippen molar-refractivity contribution >= 4 is 27.2 Å². The van der Waals surface area contributed by atoms with Gasteiger partial charge in [0.2, 0.25) is 0 Å². The average Bonchev–Trinajstić information content (AvgIpc) is 2.82. The van der Waals surface area contributed by atoms with Crippen molar-refractivity contribution < 1.29 is 8.42 Å². The zero-order valence-corrected chi connectivity index (χ0v) is 19.7. The van der Waals surface area contributed by atoms with Gasteiger partial charge in [-0.3, -0.25) is 4.31 Å². The highest BCUT2D eigenvalue weighted by Gasteiger charge is 2.25. The van der Waals surface area contributed by atoms with Crippen LogP contribution in [0.15, 0.2) is 71.8 Å². The van der Waals surface area contributed by atoms with Crippen molar-refractivity contribution in [3.05, 3.63) is 78.0 Å². The maximum atomic E-state index is 13.2. The van der Waals surface area contributed by atoms with E-state index in [4.69, 9.17) is 0 Å². The average molecular weight is 451 g/mol. The van der Waals surface area contributed by atoms with Gasteiger partial charge in [-0.05, 0) is 62.2 Å². The van der Waals surface area contributed by atoms with E-state index in [9.17, 15) is 8.42 Å². The summed E-state index contributed by atoms with van der Waals surface area (Å²) in [6.07, 6.45) is 1.48. The molecule has 1 aromatic heterocycles. The molecule has 0 radical (unpaired) electrons. The lowest BCUT2D eigenvalue weighted by molar-refractivity contribution is 0.591. The number of sulfonamides is 1. The second kappa shape index (κ2) is 9.20. The molecule has 0 unspecified atom stereocenters. The molecule has 0 saturated carbocycles. The molecule has 0 aliphatic carbocycles. The highest BCUT2D eigenvalue weighted by Crippen LogP contribution is 2.26. The van der Waals surface area contributed by atoms with E-state index in [0.717, 1.165) is 32.0 Å². The monoisotopic (exact) mass is 450 g/mol. The fraction of sp³-hybridized carbons (Fsp3) is 0.320. The zero-order chi connectivity index (χ0) is 22.7. The summed E-state index contributed by atoms with van der Waals surface area (Å²) >= 11 is 0. The van der Waals surface area contributed by atoms with Gasteiger partial charge in [0.05, 0.1) is 5.69 Å². The van der Waals surface area contributed by atoms with Crippen LogP contribution < -0.4 is 14.1 Å². The maximum absolute atomic E-state index is 13.2. The molecule has 2 heterocycles. The summed E-state index contributed by atoms with van der Waals surface area (Å²) in [5, 5.41) is 0. The van der Waals surface area contributed by atoms with Crippen molar-refractivity contribution in [3.63, 3.8) is 0 Å². The quantitative estimate of drug-likeness (QED) is 0.562. The van der Waals surface area contributed by atoms with Crippen molar-refractivity contribution in [3.8, 4) is 0 Å². The zero-order valence-electron chi connectivity index (χ0n) is 18.9. The van der Waals surface area contributed by atoms with Crippen molar-refractivity contribution in [2.45, 2.75) is 25.7 Å². The third-order valence-electron chi connectivity index (χ3n) is 6.16. The van der Waals surface area contributed by atoms with Crippen LogP contribution in [-0.4, -0.2) is 46.1 Å². The van der Waals surface area contributed by atoms with Gasteiger partial charge in [0.1, 0.15) is 10.7 Å². The van der Waals surface area contributed by atoms with E-state index in [1.165, 1.54) is 27.3 Å². The smallest absolute Gasteiger partial charge is 0.265 e. The third-order valence-corrected chi connectivity index (χ3v) is 8.05. The molecule has 0 bridgehead atoms. The molecule has 1 saturated heterocycles. The Hall–Kier alpha value is -3.06. The van der Waals surface area contributed by atoms with Gasteiger partial charge < -0.3 is 9.80 Å². The minimum Gasteiger partial charge on any atom is -0.368 e. The minimum atomic E-state index is -3.66. The Bertz CT molecular complexity index is 1160. The lowest BCUT2D eigenvalue weighted by atomic mass is 10.1. The molecule has 7 heteroatoms. The van der Waals surface area contributed by atoms with Crippen LogP contribution in [-0.2, 0) is 10.0 Å². The first-order chi connectivity index (χ1) is 15.4. The summed E-state index contributed by atoms with van der Waals surface area (Å²) in [4.78, 5) is 9.35. The molecule has 4 rings (SSSR count). The summed E-state index contributed by atoms with van der Waals surface area (Å²) < 4.78 is 27.8. The molecule has 0 spiro atoms. The lowest BCUT2D eigenvalue weighted by Gasteiger charge is -2.37. The van der Waals surface area contributed by atoms with Gasteiger partial charge in [-0.25, -0.2) is 13.4 Å². The van der Waals surface area contributed by atoms with Crippen LogP contribution in [0.5, 0.6) is 0 Å². The van der Waals surface area contributed by atoms with E-state index >= 15 is 0 Å². The molecule has 0 atom stereocenters. The van der Waals surface area contributed by atoms with Gasteiger partial charge in [0.15, 0.2) is 0 Å². The number of aromatic nitrogens is 1. The predicted octanol–water partition coefficient (Wildman–Crippen LogP) is 4.24. The highest BCUT2D eigenvalue weighted by molar-refractivity contribution is 7.92. The molecular weight excluding hydrogens is 420 g/mol. The molecule has 2 aromatic carbocycles. The normalized spacial score (nSPS) is 14.5.